The van der Waals surface area contributed by atoms with Crippen LogP contribution in [0.5, 0.6) is 5.75 Å². The van der Waals surface area contributed by atoms with E-state index in [1.54, 1.807) is 18.7 Å². The maximum absolute atomic E-state index is 5.61. The number of aryl methyl sites for hydroxylation is 1. The average molecular weight is 329 g/mol. The van der Waals surface area contributed by atoms with Gasteiger partial charge >= 0.3 is 0 Å². The quantitative estimate of drug-likeness (QED) is 0.760. The first kappa shape index (κ1) is 13.4. The molecule has 18 heavy (non-hydrogen) atoms. The summed E-state index contributed by atoms with van der Waals surface area (Å²) in [4.78, 5) is 0. The molecule has 6 heteroatoms. The van der Waals surface area contributed by atoms with Gasteiger partial charge in [-0.2, -0.15) is 0 Å². The van der Waals surface area contributed by atoms with Crippen molar-refractivity contribution in [3.63, 3.8) is 0 Å². The van der Waals surface area contributed by atoms with Crippen LogP contribution in [0.1, 0.15) is 11.8 Å². The van der Waals surface area contributed by atoms with Crippen molar-refractivity contribution in [2.75, 3.05) is 12.4 Å². The molecule has 0 bridgehead atoms. The van der Waals surface area contributed by atoms with E-state index in [2.05, 4.69) is 26.1 Å². The Balaban J connectivity index is 1.64. The van der Waals surface area contributed by atoms with Crippen LogP contribution in [0.25, 0.3) is 0 Å². The van der Waals surface area contributed by atoms with E-state index in [1.165, 1.54) is 0 Å². The van der Waals surface area contributed by atoms with Gasteiger partial charge in [0.15, 0.2) is 0 Å². The number of halogens is 1. The van der Waals surface area contributed by atoms with Gasteiger partial charge in [0.1, 0.15) is 5.75 Å². The van der Waals surface area contributed by atoms with Crippen molar-refractivity contribution < 1.29 is 9.15 Å². The van der Waals surface area contributed by atoms with Gasteiger partial charge in [0, 0.05) is 17.1 Å². The molecule has 2 aromatic rings. The molecule has 0 spiro atoms. The Morgan fingerprint density at radius 1 is 1.39 bits per heavy atom. The number of ether oxygens (including phenoxy) is 1. The van der Waals surface area contributed by atoms with Crippen molar-refractivity contribution >= 4 is 27.7 Å². The van der Waals surface area contributed by atoms with Crippen LogP contribution in [0.15, 0.2) is 33.2 Å². The average Bonchev–Trinajstić information content (AvgIpc) is 2.75. The molecule has 2 rings (SSSR count). The molecule has 0 fully saturated rings. The lowest BCUT2D eigenvalue weighted by Gasteiger charge is -2.05. The van der Waals surface area contributed by atoms with E-state index in [1.807, 2.05) is 24.3 Å². The highest BCUT2D eigenvalue weighted by Crippen LogP contribution is 2.18. The summed E-state index contributed by atoms with van der Waals surface area (Å²) in [6, 6.07) is 7.82. The van der Waals surface area contributed by atoms with Crippen LogP contribution in [0.2, 0.25) is 0 Å². The van der Waals surface area contributed by atoms with Gasteiger partial charge in [0.25, 0.3) is 0 Å². The lowest BCUT2D eigenvalue weighted by atomic mass is 10.3. The number of hydrogen-bond acceptors (Lipinski definition) is 5. The predicted octanol–water partition coefficient (Wildman–Crippen LogP) is 3.45. The molecule has 0 aliphatic heterocycles. The Morgan fingerprint density at radius 3 is 3.00 bits per heavy atom. The summed E-state index contributed by atoms with van der Waals surface area (Å²) in [7, 11) is 0. The van der Waals surface area contributed by atoms with Crippen molar-refractivity contribution in [3.05, 3.63) is 40.5 Å². The van der Waals surface area contributed by atoms with Crippen molar-refractivity contribution in [3.8, 4) is 5.75 Å². The van der Waals surface area contributed by atoms with E-state index in [9.17, 15) is 0 Å². The van der Waals surface area contributed by atoms with Crippen molar-refractivity contribution in [2.45, 2.75) is 12.7 Å². The Kier molecular flexibility index (Phi) is 5.07. The molecule has 96 valence electrons. The zero-order valence-electron chi connectivity index (χ0n) is 9.93. The molecule has 0 saturated carbocycles. The lowest BCUT2D eigenvalue weighted by Crippen LogP contribution is -2.00. The third-order valence-electron chi connectivity index (χ3n) is 2.09. The number of thioether (sulfide) groups is 1. The molecule has 0 unspecified atom stereocenters. The van der Waals surface area contributed by atoms with Crippen molar-refractivity contribution in [1.82, 2.24) is 10.2 Å². The summed E-state index contributed by atoms with van der Waals surface area (Å²) < 4.78 is 11.9. The second-order valence-corrected chi connectivity index (χ2v) is 5.59. The molecular formula is C12H13BrN2O2S. The first-order chi connectivity index (χ1) is 8.74. The van der Waals surface area contributed by atoms with E-state index >= 15 is 0 Å². The van der Waals surface area contributed by atoms with Gasteiger partial charge < -0.3 is 9.15 Å². The standard InChI is InChI=1S/C12H13BrN2O2S/c1-9-14-15-12(17-9)8-18-6-5-16-11-4-2-3-10(13)7-11/h2-4,7H,5-6,8H2,1H3. The highest BCUT2D eigenvalue weighted by molar-refractivity contribution is 9.10. The minimum absolute atomic E-state index is 0.607. The molecule has 0 atom stereocenters. The normalized spacial score (nSPS) is 10.6. The van der Waals surface area contributed by atoms with Crippen LogP contribution in [0.3, 0.4) is 0 Å². The van der Waals surface area contributed by atoms with Gasteiger partial charge in [0.05, 0.1) is 12.4 Å². The molecule has 0 aliphatic carbocycles. The van der Waals surface area contributed by atoms with E-state index in [-0.39, 0.29) is 0 Å². The maximum atomic E-state index is 5.61. The Bertz CT molecular complexity index is 504. The smallest absolute Gasteiger partial charge is 0.226 e. The fourth-order valence-electron chi connectivity index (χ4n) is 1.33. The minimum atomic E-state index is 0.607. The van der Waals surface area contributed by atoms with E-state index in [0.29, 0.717) is 18.4 Å². The summed E-state index contributed by atoms with van der Waals surface area (Å²) in [5, 5.41) is 7.71. The van der Waals surface area contributed by atoms with Crippen LogP contribution < -0.4 is 4.74 Å². The third-order valence-corrected chi connectivity index (χ3v) is 3.49. The van der Waals surface area contributed by atoms with Crippen LogP contribution >= 0.6 is 27.7 Å². The highest BCUT2D eigenvalue weighted by atomic mass is 79.9. The van der Waals surface area contributed by atoms with Crippen molar-refractivity contribution in [1.29, 1.82) is 0 Å². The third kappa shape index (κ3) is 4.34. The number of aromatic nitrogens is 2. The topological polar surface area (TPSA) is 48.2 Å². The van der Waals surface area contributed by atoms with E-state index in [4.69, 9.17) is 9.15 Å². The highest BCUT2D eigenvalue weighted by Gasteiger charge is 2.02. The zero-order valence-corrected chi connectivity index (χ0v) is 12.3. The number of nitrogens with zero attached hydrogens (tertiary/aromatic N) is 2. The molecule has 0 amide bonds. The fraction of sp³-hybridized carbons (Fsp3) is 0.333. The van der Waals surface area contributed by atoms with E-state index < -0.39 is 0 Å². The summed E-state index contributed by atoms with van der Waals surface area (Å²) in [5.74, 6) is 3.76. The maximum Gasteiger partial charge on any atom is 0.226 e. The fourth-order valence-corrected chi connectivity index (χ4v) is 2.35. The summed E-state index contributed by atoms with van der Waals surface area (Å²) in [5.41, 5.74) is 0. The van der Waals surface area contributed by atoms with Crippen LogP contribution in [0, 0.1) is 6.92 Å². The molecule has 0 aliphatic rings. The monoisotopic (exact) mass is 328 g/mol. The Labute approximate surface area is 118 Å². The summed E-state index contributed by atoms with van der Waals surface area (Å²) >= 11 is 5.12. The summed E-state index contributed by atoms with van der Waals surface area (Å²) in [6.07, 6.45) is 0. The van der Waals surface area contributed by atoms with Crippen molar-refractivity contribution in [2.24, 2.45) is 0 Å². The zero-order chi connectivity index (χ0) is 12.8. The SMILES string of the molecule is Cc1nnc(CSCCOc2cccc(Br)c2)o1. The van der Waals surface area contributed by atoms with Gasteiger partial charge in [-0.3, -0.25) is 0 Å². The Morgan fingerprint density at radius 2 is 2.28 bits per heavy atom. The molecule has 0 N–H and O–H groups in total. The van der Waals surface area contributed by atoms with Gasteiger partial charge in [-0.05, 0) is 18.2 Å². The molecular weight excluding hydrogens is 316 g/mol. The molecule has 4 nitrogen and oxygen atoms in total. The molecule has 1 heterocycles. The number of hydrogen-bond donors (Lipinski definition) is 0. The van der Waals surface area contributed by atoms with E-state index in [0.717, 1.165) is 21.7 Å². The van der Waals surface area contributed by atoms with Gasteiger partial charge in [-0.15, -0.1) is 22.0 Å². The van der Waals surface area contributed by atoms with Crippen LogP contribution in [0.4, 0.5) is 0 Å². The Hall–Kier alpha value is -1.01. The number of benzene rings is 1. The second-order valence-electron chi connectivity index (χ2n) is 3.57. The first-order valence-electron chi connectivity index (χ1n) is 5.49. The lowest BCUT2D eigenvalue weighted by molar-refractivity contribution is 0.343. The second kappa shape index (κ2) is 6.80. The van der Waals surface area contributed by atoms with Gasteiger partial charge in [-0.1, -0.05) is 22.0 Å². The van der Waals surface area contributed by atoms with Crippen LogP contribution in [-0.4, -0.2) is 22.6 Å². The van der Waals surface area contributed by atoms with Crippen LogP contribution in [-0.2, 0) is 5.75 Å². The molecule has 0 saturated heterocycles. The molecule has 0 radical (unpaired) electrons. The predicted molar refractivity (Wildman–Crippen MR) is 74.8 cm³/mol. The number of rotatable bonds is 6. The molecule has 1 aromatic heterocycles. The largest absolute Gasteiger partial charge is 0.493 e. The summed E-state index contributed by atoms with van der Waals surface area (Å²) in [6.45, 7) is 2.45. The van der Waals surface area contributed by atoms with Gasteiger partial charge in [0.2, 0.25) is 11.8 Å². The first-order valence-corrected chi connectivity index (χ1v) is 7.44. The minimum Gasteiger partial charge on any atom is -0.493 e. The van der Waals surface area contributed by atoms with Gasteiger partial charge in [-0.25, -0.2) is 0 Å². The molecule has 1 aromatic carbocycles.